The van der Waals surface area contributed by atoms with Crippen LogP contribution >= 0.6 is 0 Å². The van der Waals surface area contributed by atoms with E-state index in [-0.39, 0.29) is 0 Å². The number of pyridine rings is 1. The van der Waals surface area contributed by atoms with E-state index in [2.05, 4.69) is 22.5 Å². The van der Waals surface area contributed by atoms with E-state index in [1.807, 2.05) is 25.1 Å². The normalized spacial score (nSPS) is 14.2. The first-order valence-corrected chi connectivity index (χ1v) is 5.51. The minimum Gasteiger partial charge on any atom is -0.350 e. The van der Waals surface area contributed by atoms with Gasteiger partial charge in [-0.25, -0.2) is 4.98 Å². The van der Waals surface area contributed by atoms with Crippen molar-refractivity contribution in [2.75, 3.05) is 11.4 Å². The van der Waals surface area contributed by atoms with Gasteiger partial charge in [-0.2, -0.15) is 5.26 Å². The largest absolute Gasteiger partial charge is 0.350 e. The van der Waals surface area contributed by atoms with Crippen molar-refractivity contribution in [3.05, 3.63) is 36.0 Å². The van der Waals surface area contributed by atoms with E-state index in [0.29, 0.717) is 11.6 Å². The van der Waals surface area contributed by atoms with E-state index >= 15 is 0 Å². The summed E-state index contributed by atoms with van der Waals surface area (Å²) in [6.45, 7) is 6.48. The van der Waals surface area contributed by atoms with E-state index < -0.39 is 0 Å². The summed E-state index contributed by atoms with van der Waals surface area (Å²) >= 11 is 0. The van der Waals surface area contributed by atoms with Crippen LogP contribution in [0.3, 0.4) is 0 Å². The minimum absolute atomic E-state index is 0.582. The molecule has 1 aromatic rings. The number of hydrogen-bond acceptors (Lipinski definition) is 3. The molecule has 0 saturated heterocycles. The second-order valence-electron chi connectivity index (χ2n) is 4.14. The monoisotopic (exact) mass is 213 g/mol. The van der Waals surface area contributed by atoms with Gasteiger partial charge < -0.3 is 4.90 Å². The third-order valence-electron chi connectivity index (χ3n) is 2.68. The van der Waals surface area contributed by atoms with Gasteiger partial charge in [0, 0.05) is 18.3 Å². The predicted octanol–water partition coefficient (Wildman–Crippen LogP) is 2.42. The number of hydrogen-bond donors (Lipinski definition) is 0. The molecule has 82 valence electrons. The van der Waals surface area contributed by atoms with Gasteiger partial charge in [0.2, 0.25) is 0 Å². The molecule has 2 rings (SSSR count). The van der Waals surface area contributed by atoms with Crippen molar-refractivity contribution in [2.45, 2.75) is 25.8 Å². The predicted molar refractivity (Wildman–Crippen MR) is 64.3 cm³/mol. The zero-order valence-electron chi connectivity index (χ0n) is 9.48. The zero-order valence-corrected chi connectivity index (χ0v) is 9.48. The SMILES string of the molecule is C=CCN(c1cc(C#N)cc(C)n1)C1CC1. The van der Waals surface area contributed by atoms with Gasteiger partial charge in [0.05, 0.1) is 11.6 Å². The van der Waals surface area contributed by atoms with E-state index in [1.165, 1.54) is 12.8 Å². The van der Waals surface area contributed by atoms with Crippen LogP contribution in [0.25, 0.3) is 0 Å². The molecule has 0 spiro atoms. The van der Waals surface area contributed by atoms with Crippen LogP contribution in [0, 0.1) is 18.3 Å². The molecule has 0 aliphatic heterocycles. The summed E-state index contributed by atoms with van der Waals surface area (Å²) in [4.78, 5) is 6.71. The maximum atomic E-state index is 8.94. The Hall–Kier alpha value is -1.82. The Kier molecular flexibility index (Phi) is 2.91. The molecular formula is C13H15N3. The van der Waals surface area contributed by atoms with Crippen LogP contribution in [0.5, 0.6) is 0 Å². The van der Waals surface area contributed by atoms with Gasteiger partial charge >= 0.3 is 0 Å². The molecule has 16 heavy (non-hydrogen) atoms. The van der Waals surface area contributed by atoms with Crippen LogP contribution in [-0.2, 0) is 0 Å². The molecule has 0 atom stereocenters. The molecule has 1 fully saturated rings. The maximum Gasteiger partial charge on any atom is 0.130 e. The molecule has 1 heterocycles. The Balaban J connectivity index is 2.32. The Morgan fingerprint density at radius 1 is 1.62 bits per heavy atom. The topological polar surface area (TPSA) is 39.9 Å². The molecule has 3 heteroatoms. The van der Waals surface area contributed by atoms with E-state index in [9.17, 15) is 0 Å². The number of aryl methyl sites for hydroxylation is 1. The Bertz CT molecular complexity index is 441. The van der Waals surface area contributed by atoms with Crippen LogP contribution in [0.2, 0.25) is 0 Å². The van der Waals surface area contributed by atoms with Gasteiger partial charge in [-0.1, -0.05) is 6.08 Å². The summed E-state index contributed by atoms with van der Waals surface area (Å²) in [5.74, 6) is 0.902. The molecular weight excluding hydrogens is 198 g/mol. The lowest BCUT2D eigenvalue weighted by Gasteiger charge is -2.22. The first-order valence-electron chi connectivity index (χ1n) is 5.51. The van der Waals surface area contributed by atoms with Crippen LogP contribution in [0.15, 0.2) is 24.8 Å². The molecule has 0 bridgehead atoms. The first-order chi connectivity index (χ1) is 7.74. The molecule has 0 unspecified atom stereocenters. The van der Waals surface area contributed by atoms with Crippen molar-refractivity contribution in [1.29, 1.82) is 5.26 Å². The Labute approximate surface area is 96.0 Å². The maximum absolute atomic E-state index is 8.94. The molecule has 1 saturated carbocycles. The van der Waals surface area contributed by atoms with Gasteiger partial charge in [-0.15, -0.1) is 6.58 Å². The number of aromatic nitrogens is 1. The van der Waals surface area contributed by atoms with E-state index in [4.69, 9.17) is 5.26 Å². The summed E-state index contributed by atoms with van der Waals surface area (Å²) in [6.07, 6.45) is 4.31. The molecule has 1 aromatic heterocycles. The van der Waals surface area contributed by atoms with Gasteiger partial charge in [0.15, 0.2) is 0 Å². The highest BCUT2D eigenvalue weighted by Crippen LogP contribution is 2.30. The van der Waals surface area contributed by atoms with Crippen molar-refractivity contribution in [1.82, 2.24) is 4.98 Å². The zero-order chi connectivity index (χ0) is 11.5. The van der Waals surface area contributed by atoms with Crippen molar-refractivity contribution in [3.8, 4) is 6.07 Å². The summed E-state index contributed by atoms with van der Waals surface area (Å²) < 4.78 is 0. The Morgan fingerprint density at radius 2 is 2.38 bits per heavy atom. The average Bonchev–Trinajstić information content (AvgIpc) is 3.08. The highest BCUT2D eigenvalue weighted by Gasteiger charge is 2.29. The minimum atomic E-state index is 0.582. The molecule has 0 amide bonds. The Morgan fingerprint density at radius 3 is 2.94 bits per heavy atom. The lowest BCUT2D eigenvalue weighted by molar-refractivity contribution is 0.837. The molecule has 1 aliphatic rings. The molecule has 0 radical (unpaired) electrons. The summed E-state index contributed by atoms with van der Waals surface area (Å²) in [6, 6.07) is 6.42. The number of anilines is 1. The standard InChI is InChI=1S/C13H15N3/c1-3-6-16(12-4-5-12)13-8-11(9-14)7-10(2)15-13/h3,7-8,12H,1,4-6H2,2H3. The fraction of sp³-hybridized carbons (Fsp3) is 0.385. The summed E-state index contributed by atoms with van der Waals surface area (Å²) in [5, 5.41) is 8.94. The highest BCUT2D eigenvalue weighted by molar-refractivity contribution is 5.48. The lowest BCUT2D eigenvalue weighted by Crippen LogP contribution is -2.26. The van der Waals surface area contributed by atoms with E-state index in [1.54, 1.807) is 0 Å². The van der Waals surface area contributed by atoms with Crippen molar-refractivity contribution in [2.24, 2.45) is 0 Å². The molecule has 0 N–H and O–H groups in total. The second-order valence-corrected chi connectivity index (χ2v) is 4.14. The van der Waals surface area contributed by atoms with Crippen LogP contribution in [0.1, 0.15) is 24.1 Å². The van der Waals surface area contributed by atoms with Gasteiger partial charge in [0.1, 0.15) is 5.82 Å². The van der Waals surface area contributed by atoms with Gasteiger partial charge in [-0.05, 0) is 31.9 Å². The average molecular weight is 213 g/mol. The van der Waals surface area contributed by atoms with Crippen LogP contribution in [-0.4, -0.2) is 17.6 Å². The van der Waals surface area contributed by atoms with Crippen molar-refractivity contribution >= 4 is 5.82 Å². The smallest absolute Gasteiger partial charge is 0.130 e. The molecule has 0 aromatic carbocycles. The van der Waals surface area contributed by atoms with Crippen LogP contribution < -0.4 is 4.90 Å². The third kappa shape index (κ3) is 2.22. The van der Waals surface area contributed by atoms with Gasteiger partial charge in [0.25, 0.3) is 0 Å². The lowest BCUT2D eigenvalue weighted by atomic mass is 10.2. The van der Waals surface area contributed by atoms with Gasteiger partial charge in [-0.3, -0.25) is 0 Å². The quantitative estimate of drug-likeness (QED) is 0.721. The summed E-state index contributed by atoms with van der Waals surface area (Å²) in [5.41, 5.74) is 1.57. The number of rotatable bonds is 4. The fourth-order valence-electron chi connectivity index (χ4n) is 1.82. The summed E-state index contributed by atoms with van der Waals surface area (Å²) in [7, 11) is 0. The van der Waals surface area contributed by atoms with Crippen molar-refractivity contribution < 1.29 is 0 Å². The fourth-order valence-corrected chi connectivity index (χ4v) is 1.82. The number of nitriles is 1. The van der Waals surface area contributed by atoms with Crippen molar-refractivity contribution in [3.63, 3.8) is 0 Å². The third-order valence-corrected chi connectivity index (χ3v) is 2.68. The molecule has 1 aliphatic carbocycles. The van der Waals surface area contributed by atoms with Crippen LogP contribution in [0.4, 0.5) is 5.82 Å². The second kappa shape index (κ2) is 4.36. The highest BCUT2D eigenvalue weighted by atomic mass is 15.2. The first kappa shape index (κ1) is 10.7. The molecule has 3 nitrogen and oxygen atoms in total. The van der Waals surface area contributed by atoms with E-state index in [0.717, 1.165) is 18.1 Å². The number of nitrogens with zero attached hydrogens (tertiary/aromatic N) is 3.